The van der Waals surface area contributed by atoms with E-state index in [2.05, 4.69) is 9.98 Å². The highest BCUT2D eigenvalue weighted by atomic mass is 16.3. The lowest BCUT2D eigenvalue weighted by Crippen LogP contribution is -1.92. The Bertz CT molecular complexity index is 397. The number of aliphatic imine (C=N–C) groups is 2. The van der Waals surface area contributed by atoms with Gasteiger partial charge in [0, 0.05) is 37.7 Å². The number of rotatable bonds is 5. The van der Waals surface area contributed by atoms with Crippen LogP contribution in [0.1, 0.15) is 27.7 Å². The normalized spacial score (nSPS) is 14.7. The predicted molar refractivity (Wildman–Crippen MR) is 89.1 cm³/mol. The third-order valence-electron chi connectivity index (χ3n) is 2.15. The summed E-state index contributed by atoms with van der Waals surface area (Å²) in [5.74, 6) is 0.0806. The molecule has 0 saturated carbocycles. The van der Waals surface area contributed by atoms with Crippen molar-refractivity contribution in [2.75, 3.05) is 14.1 Å². The van der Waals surface area contributed by atoms with Crippen LogP contribution in [-0.4, -0.2) is 36.7 Å². The Morgan fingerprint density at radius 3 is 1.25 bits per heavy atom. The SMILES string of the molecule is CC.C\C=C(C=NC)/C(O)=C/C=C(O)\C(C=NC)=C/C. The van der Waals surface area contributed by atoms with E-state index in [1.54, 1.807) is 52.5 Å². The van der Waals surface area contributed by atoms with Crippen LogP contribution >= 0.6 is 0 Å². The van der Waals surface area contributed by atoms with Crippen LogP contribution in [0, 0.1) is 0 Å². The molecule has 0 unspecified atom stereocenters. The molecule has 0 saturated heterocycles. The molecule has 0 bridgehead atoms. The summed E-state index contributed by atoms with van der Waals surface area (Å²) >= 11 is 0. The Hall–Kier alpha value is -2.10. The molecular formula is C16H26N2O2. The molecule has 0 rings (SSSR count). The lowest BCUT2D eigenvalue weighted by Gasteiger charge is -2.00. The van der Waals surface area contributed by atoms with E-state index < -0.39 is 0 Å². The molecule has 0 aromatic rings. The van der Waals surface area contributed by atoms with Crippen LogP contribution < -0.4 is 0 Å². The molecular weight excluding hydrogens is 252 g/mol. The van der Waals surface area contributed by atoms with E-state index in [1.807, 2.05) is 13.8 Å². The summed E-state index contributed by atoms with van der Waals surface area (Å²) in [5.41, 5.74) is 1.18. The Labute approximate surface area is 122 Å². The zero-order valence-corrected chi connectivity index (χ0v) is 13.3. The van der Waals surface area contributed by atoms with Gasteiger partial charge in [-0.25, -0.2) is 0 Å². The molecule has 2 N–H and O–H groups in total. The molecule has 0 aliphatic rings. The first-order valence-corrected chi connectivity index (χ1v) is 6.58. The van der Waals surface area contributed by atoms with Crippen molar-refractivity contribution < 1.29 is 10.2 Å². The molecule has 0 aliphatic heterocycles. The molecule has 0 fully saturated rings. The van der Waals surface area contributed by atoms with Gasteiger partial charge in [0.1, 0.15) is 11.5 Å². The third-order valence-corrected chi connectivity index (χ3v) is 2.15. The molecule has 0 spiro atoms. The van der Waals surface area contributed by atoms with Gasteiger partial charge in [-0.05, 0) is 26.0 Å². The summed E-state index contributed by atoms with van der Waals surface area (Å²) in [6.07, 6.45) is 9.38. The number of allylic oxidation sites excluding steroid dienone is 6. The molecule has 0 atom stereocenters. The third kappa shape index (κ3) is 8.08. The molecule has 0 aliphatic carbocycles. The quantitative estimate of drug-likeness (QED) is 0.450. The summed E-state index contributed by atoms with van der Waals surface area (Å²) in [6.45, 7) is 7.59. The molecule has 0 heterocycles. The zero-order chi connectivity index (χ0) is 16.0. The summed E-state index contributed by atoms with van der Waals surface area (Å²) in [5, 5.41) is 19.5. The highest BCUT2D eigenvalue weighted by Gasteiger charge is 2.00. The summed E-state index contributed by atoms with van der Waals surface area (Å²) in [7, 11) is 3.25. The fourth-order valence-corrected chi connectivity index (χ4v) is 1.21. The lowest BCUT2D eigenvalue weighted by atomic mass is 10.2. The van der Waals surface area contributed by atoms with Crippen molar-refractivity contribution in [2.45, 2.75) is 27.7 Å². The first-order valence-electron chi connectivity index (χ1n) is 6.58. The second-order valence-electron chi connectivity index (χ2n) is 3.37. The van der Waals surface area contributed by atoms with E-state index in [9.17, 15) is 10.2 Å². The molecule has 0 radical (unpaired) electrons. The average Bonchev–Trinajstić information content (AvgIpc) is 2.49. The number of aliphatic hydroxyl groups is 2. The molecule has 0 aromatic heterocycles. The van der Waals surface area contributed by atoms with Crippen molar-refractivity contribution in [3.05, 3.63) is 47.0 Å². The maximum Gasteiger partial charge on any atom is 0.124 e. The van der Waals surface area contributed by atoms with Crippen molar-refractivity contribution in [3.8, 4) is 0 Å². The minimum absolute atomic E-state index is 0.0403. The highest BCUT2D eigenvalue weighted by molar-refractivity contribution is 5.84. The number of nitrogens with zero attached hydrogens (tertiary/aromatic N) is 2. The maximum absolute atomic E-state index is 9.77. The van der Waals surface area contributed by atoms with Gasteiger partial charge in [-0.3, -0.25) is 9.98 Å². The van der Waals surface area contributed by atoms with Gasteiger partial charge in [0.15, 0.2) is 0 Å². The Balaban J connectivity index is 0. The maximum atomic E-state index is 9.77. The summed E-state index contributed by atoms with van der Waals surface area (Å²) < 4.78 is 0. The van der Waals surface area contributed by atoms with Crippen LogP contribution in [0.4, 0.5) is 0 Å². The standard InChI is InChI=1S/C14H20N2O2.C2H6/c1-5-11(9-15-3)13(17)7-8-14(18)12(6-2)10-16-4;1-2/h5-10,17-18H,1-4H3;1-2H3/b11-5-,12-6-,13-7-,14-8+,15-9?,16-10?;. The number of aliphatic hydroxyl groups excluding tert-OH is 2. The minimum Gasteiger partial charge on any atom is -0.507 e. The van der Waals surface area contributed by atoms with Crippen molar-refractivity contribution in [1.29, 1.82) is 0 Å². The van der Waals surface area contributed by atoms with Crippen LogP contribution in [0.3, 0.4) is 0 Å². The molecule has 4 heteroatoms. The van der Waals surface area contributed by atoms with Crippen LogP contribution in [0.25, 0.3) is 0 Å². The van der Waals surface area contributed by atoms with Gasteiger partial charge in [0.2, 0.25) is 0 Å². The van der Waals surface area contributed by atoms with E-state index in [0.717, 1.165) is 0 Å². The van der Waals surface area contributed by atoms with Gasteiger partial charge in [-0.2, -0.15) is 0 Å². The second kappa shape index (κ2) is 13.3. The fourth-order valence-electron chi connectivity index (χ4n) is 1.21. The average molecular weight is 278 g/mol. The van der Waals surface area contributed by atoms with Gasteiger partial charge in [-0.1, -0.05) is 26.0 Å². The van der Waals surface area contributed by atoms with Gasteiger partial charge >= 0.3 is 0 Å². The van der Waals surface area contributed by atoms with Crippen molar-refractivity contribution in [2.24, 2.45) is 9.98 Å². The molecule has 0 amide bonds. The number of hydrogen-bond acceptors (Lipinski definition) is 4. The first-order chi connectivity index (χ1) is 9.60. The smallest absolute Gasteiger partial charge is 0.124 e. The Morgan fingerprint density at radius 2 is 1.05 bits per heavy atom. The lowest BCUT2D eigenvalue weighted by molar-refractivity contribution is 0.420. The topological polar surface area (TPSA) is 65.2 Å². The van der Waals surface area contributed by atoms with E-state index >= 15 is 0 Å². The fraction of sp³-hybridized carbons (Fsp3) is 0.375. The van der Waals surface area contributed by atoms with E-state index in [4.69, 9.17) is 0 Å². The molecule has 112 valence electrons. The highest BCUT2D eigenvalue weighted by Crippen LogP contribution is 2.08. The van der Waals surface area contributed by atoms with Gasteiger partial charge in [-0.15, -0.1) is 0 Å². The Morgan fingerprint density at radius 1 is 0.750 bits per heavy atom. The minimum atomic E-state index is 0.0403. The van der Waals surface area contributed by atoms with Crippen LogP contribution in [0.5, 0.6) is 0 Å². The van der Waals surface area contributed by atoms with Gasteiger partial charge < -0.3 is 10.2 Å². The van der Waals surface area contributed by atoms with E-state index in [-0.39, 0.29) is 11.5 Å². The van der Waals surface area contributed by atoms with Crippen molar-refractivity contribution in [1.82, 2.24) is 0 Å². The van der Waals surface area contributed by atoms with Crippen molar-refractivity contribution in [3.63, 3.8) is 0 Å². The van der Waals surface area contributed by atoms with Crippen LogP contribution in [0.2, 0.25) is 0 Å². The monoisotopic (exact) mass is 278 g/mol. The van der Waals surface area contributed by atoms with Gasteiger partial charge in [0.05, 0.1) is 0 Å². The molecule has 4 nitrogen and oxygen atoms in total. The Kier molecular flexibility index (Phi) is 13.5. The second-order valence-corrected chi connectivity index (χ2v) is 3.37. The van der Waals surface area contributed by atoms with Crippen LogP contribution in [-0.2, 0) is 0 Å². The summed E-state index contributed by atoms with van der Waals surface area (Å²) in [4.78, 5) is 7.65. The van der Waals surface area contributed by atoms with Crippen LogP contribution in [0.15, 0.2) is 57.0 Å². The largest absolute Gasteiger partial charge is 0.507 e. The van der Waals surface area contributed by atoms with E-state index in [0.29, 0.717) is 11.1 Å². The number of hydrogen-bond donors (Lipinski definition) is 2. The van der Waals surface area contributed by atoms with E-state index in [1.165, 1.54) is 12.2 Å². The summed E-state index contributed by atoms with van der Waals surface area (Å²) in [6, 6.07) is 0. The first kappa shape index (κ1) is 20.2. The molecule has 0 aromatic carbocycles. The molecule has 20 heavy (non-hydrogen) atoms. The van der Waals surface area contributed by atoms with Crippen molar-refractivity contribution >= 4 is 12.4 Å². The predicted octanol–water partition coefficient (Wildman–Crippen LogP) is 4.19. The van der Waals surface area contributed by atoms with Gasteiger partial charge in [0.25, 0.3) is 0 Å². The zero-order valence-electron chi connectivity index (χ0n) is 13.3.